The largest absolute Gasteiger partial charge is 0.490 e. The molecule has 0 bridgehead atoms. The molecule has 0 fully saturated rings. The molecule has 166 valence electrons. The molecule has 9 heteroatoms. The molecule has 1 aliphatic heterocycles. The van der Waals surface area contributed by atoms with Crippen LogP contribution in [0.25, 0.3) is 0 Å². The molecule has 3 aromatic rings. The highest BCUT2D eigenvalue weighted by molar-refractivity contribution is 7.92. The van der Waals surface area contributed by atoms with Crippen LogP contribution in [0, 0.1) is 0 Å². The van der Waals surface area contributed by atoms with E-state index in [4.69, 9.17) is 9.47 Å². The van der Waals surface area contributed by atoms with E-state index in [1.165, 1.54) is 12.1 Å². The Hall–Kier alpha value is -3.59. The van der Waals surface area contributed by atoms with Crippen LogP contribution < -0.4 is 19.5 Å². The van der Waals surface area contributed by atoms with E-state index in [9.17, 15) is 13.2 Å². The van der Waals surface area contributed by atoms with E-state index < -0.39 is 10.0 Å². The monoisotopic (exact) mass is 453 g/mol. The summed E-state index contributed by atoms with van der Waals surface area (Å²) in [7, 11) is -3.84. The highest BCUT2D eigenvalue weighted by atomic mass is 32.2. The summed E-state index contributed by atoms with van der Waals surface area (Å²) in [6, 6.07) is 16.0. The third kappa shape index (κ3) is 5.00. The Kier molecular flexibility index (Phi) is 6.27. The third-order valence-electron chi connectivity index (χ3n) is 4.91. The maximum Gasteiger partial charge on any atom is 0.262 e. The Morgan fingerprint density at radius 1 is 1.00 bits per heavy atom. The van der Waals surface area contributed by atoms with Crippen molar-refractivity contribution in [2.45, 2.75) is 24.3 Å². The van der Waals surface area contributed by atoms with Gasteiger partial charge >= 0.3 is 0 Å². The van der Waals surface area contributed by atoms with Gasteiger partial charge in [-0.05, 0) is 55.5 Å². The first-order chi connectivity index (χ1) is 15.4. The second-order valence-corrected chi connectivity index (χ2v) is 8.97. The minimum Gasteiger partial charge on any atom is -0.490 e. The molecule has 0 spiro atoms. The first-order valence-electron chi connectivity index (χ1n) is 10.2. The summed E-state index contributed by atoms with van der Waals surface area (Å²) >= 11 is 0. The number of pyridine rings is 1. The summed E-state index contributed by atoms with van der Waals surface area (Å²) in [5, 5.41) is 2.87. The molecule has 2 N–H and O–H groups in total. The fourth-order valence-corrected chi connectivity index (χ4v) is 4.27. The van der Waals surface area contributed by atoms with Crippen molar-refractivity contribution < 1.29 is 22.7 Å². The number of benzene rings is 2. The lowest BCUT2D eigenvalue weighted by atomic mass is 10.1. The molecule has 1 atom stereocenters. The van der Waals surface area contributed by atoms with Crippen molar-refractivity contribution in [1.29, 1.82) is 0 Å². The van der Waals surface area contributed by atoms with Gasteiger partial charge in [0.2, 0.25) is 0 Å². The van der Waals surface area contributed by atoms with E-state index in [-0.39, 0.29) is 16.8 Å². The molecule has 0 unspecified atom stereocenters. The van der Waals surface area contributed by atoms with E-state index in [0.717, 1.165) is 12.1 Å². The number of carbonyl (C=O) groups is 1. The molecule has 0 saturated heterocycles. The van der Waals surface area contributed by atoms with Crippen molar-refractivity contribution >= 4 is 21.6 Å². The van der Waals surface area contributed by atoms with Gasteiger partial charge in [-0.25, -0.2) is 8.42 Å². The van der Waals surface area contributed by atoms with E-state index in [1.54, 1.807) is 36.5 Å². The van der Waals surface area contributed by atoms with E-state index in [0.29, 0.717) is 36.0 Å². The Labute approximate surface area is 186 Å². The minimum absolute atomic E-state index is 0.0627. The molecule has 0 aliphatic carbocycles. The van der Waals surface area contributed by atoms with Crippen LogP contribution >= 0.6 is 0 Å². The number of amides is 1. The number of carbonyl (C=O) groups excluding carboxylic acids is 1. The second kappa shape index (κ2) is 9.27. The molecule has 1 aliphatic rings. The predicted octanol–water partition coefficient (Wildman–Crippen LogP) is 3.53. The maximum atomic E-state index is 12.8. The molecule has 2 aromatic carbocycles. The van der Waals surface area contributed by atoms with Crippen molar-refractivity contribution in [3.8, 4) is 11.5 Å². The molecule has 4 rings (SSSR count). The Balaban J connectivity index is 1.44. The zero-order valence-electron chi connectivity index (χ0n) is 17.4. The highest BCUT2D eigenvalue weighted by Gasteiger charge is 2.19. The van der Waals surface area contributed by atoms with Crippen molar-refractivity contribution in [2.24, 2.45) is 0 Å². The fourth-order valence-electron chi connectivity index (χ4n) is 3.20. The fraction of sp³-hybridized carbons (Fsp3) is 0.217. The third-order valence-corrected chi connectivity index (χ3v) is 6.29. The number of hydrogen-bond donors (Lipinski definition) is 2. The van der Waals surface area contributed by atoms with Gasteiger partial charge in [0.1, 0.15) is 0 Å². The van der Waals surface area contributed by atoms with Crippen LogP contribution in [0.1, 0.15) is 35.4 Å². The van der Waals surface area contributed by atoms with Gasteiger partial charge in [0, 0.05) is 29.9 Å². The van der Waals surface area contributed by atoms with Gasteiger partial charge in [-0.2, -0.15) is 0 Å². The lowest BCUT2D eigenvalue weighted by molar-refractivity contribution is 0.0939. The van der Waals surface area contributed by atoms with Crippen LogP contribution in [0.2, 0.25) is 0 Å². The van der Waals surface area contributed by atoms with Gasteiger partial charge in [0.25, 0.3) is 15.9 Å². The van der Waals surface area contributed by atoms with Gasteiger partial charge in [-0.15, -0.1) is 0 Å². The first-order valence-corrected chi connectivity index (χ1v) is 11.6. The van der Waals surface area contributed by atoms with Gasteiger partial charge in [-0.3, -0.25) is 14.5 Å². The van der Waals surface area contributed by atoms with Crippen molar-refractivity contribution in [2.75, 3.05) is 17.9 Å². The number of hydrogen-bond acceptors (Lipinski definition) is 6. The summed E-state index contributed by atoms with van der Waals surface area (Å²) in [5.41, 5.74) is 1.50. The second-order valence-electron chi connectivity index (χ2n) is 7.29. The van der Waals surface area contributed by atoms with Crippen LogP contribution in [-0.4, -0.2) is 32.5 Å². The lowest BCUT2D eigenvalue weighted by Crippen LogP contribution is -2.27. The van der Waals surface area contributed by atoms with Crippen LogP contribution in [0.3, 0.4) is 0 Å². The summed E-state index contributed by atoms with van der Waals surface area (Å²) in [5.74, 6) is 0.650. The Bertz CT molecular complexity index is 1200. The maximum absolute atomic E-state index is 12.8. The van der Waals surface area contributed by atoms with Crippen LogP contribution in [-0.2, 0) is 10.0 Å². The van der Waals surface area contributed by atoms with Crippen molar-refractivity contribution in [1.82, 2.24) is 10.3 Å². The van der Waals surface area contributed by atoms with Crippen LogP contribution in [0.15, 0.2) is 71.8 Å². The van der Waals surface area contributed by atoms with Crippen molar-refractivity contribution in [3.05, 3.63) is 78.1 Å². The zero-order chi connectivity index (χ0) is 22.6. The van der Waals surface area contributed by atoms with Gasteiger partial charge in [-0.1, -0.05) is 6.07 Å². The molecule has 0 saturated carbocycles. The molecule has 1 amide bonds. The highest BCUT2D eigenvalue weighted by Crippen LogP contribution is 2.32. The number of aromatic nitrogens is 1. The smallest absolute Gasteiger partial charge is 0.262 e. The van der Waals surface area contributed by atoms with E-state index >= 15 is 0 Å². The Morgan fingerprint density at radius 3 is 2.47 bits per heavy atom. The summed E-state index contributed by atoms with van der Waals surface area (Å²) < 4.78 is 39.2. The molecular weight excluding hydrogens is 430 g/mol. The van der Waals surface area contributed by atoms with Gasteiger partial charge < -0.3 is 14.8 Å². The van der Waals surface area contributed by atoms with Crippen LogP contribution in [0.5, 0.6) is 11.5 Å². The minimum atomic E-state index is -3.84. The number of sulfonamides is 1. The zero-order valence-corrected chi connectivity index (χ0v) is 18.3. The standard InChI is InChI=1S/C23H23N3O5S/c1-16(20-5-2-3-12-24-20)25-23(27)17-6-8-18(9-7-17)26-32(28,29)19-10-11-21-22(15-19)31-14-4-13-30-21/h2-3,5-12,15-16,26H,4,13-14H2,1H3,(H,25,27)/t16-/m0/s1. The molecule has 0 radical (unpaired) electrons. The number of nitrogens with zero attached hydrogens (tertiary/aromatic N) is 1. The van der Waals surface area contributed by atoms with E-state index in [2.05, 4.69) is 15.0 Å². The molecule has 2 heterocycles. The normalized spacial score (nSPS) is 14.2. The number of rotatable bonds is 6. The van der Waals surface area contributed by atoms with Crippen LogP contribution in [0.4, 0.5) is 5.69 Å². The number of ether oxygens (including phenoxy) is 2. The number of anilines is 1. The lowest BCUT2D eigenvalue weighted by Gasteiger charge is -2.14. The molecule has 1 aromatic heterocycles. The number of nitrogens with one attached hydrogen (secondary N) is 2. The first kappa shape index (κ1) is 21.6. The average molecular weight is 454 g/mol. The topological polar surface area (TPSA) is 107 Å². The van der Waals surface area contributed by atoms with Gasteiger partial charge in [0.15, 0.2) is 11.5 Å². The molecular formula is C23H23N3O5S. The average Bonchev–Trinajstić information content (AvgIpc) is 3.05. The molecule has 32 heavy (non-hydrogen) atoms. The SMILES string of the molecule is C[C@H](NC(=O)c1ccc(NS(=O)(=O)c2ccc3c(c2)OCCCO3)cc1)c1ccccn1. The van der Waals surface area contributed by atoms with Gasteiger partial charge in [0.05, 0.1) is 29.8 Å². The number of fused-ring (bicyclic) bond motifs is 1. The summed E-state index contributed by atoms with van der Waals surface area (Å²) in [4.78, 5) is 16.8. The van der Waals surface area contributed by atoms with Crippen molar-refractivity contribution in [3.63, 3.8) is 0 Å². The summed E-state index contributed by atoms with van der Waals surface area (Å²) in [6.07, 6.45) is 2.40. The summed E-state index contributed by atoms with van der Waals surface area (Å²) in [6.45, 7) is 2.84. The van der Waals surface area contributed by atoms with E-state index in [1.807, 2.05) is 25.1 Å². The predicted molar refractivity (Wildman–Crippen MR) is 119 cm³/mol. The molecule has 8 nitrogen and oxygen atoms in total. The quantitative estimate of drug-likeness (QED) is 0.591. The Morgan fingerprint density at radius 2 is 1.75 bits per heavy atom.